The molecular formula is C26H18ClF4NO3. The summed E-state index contributed by atoms with van der Waals surface area (Å²) in [6, 6.07) is 13.3. The topological polar surface area (TPSA) is 70.4 Å². The van der Waals surface area contributed by atoms with Gasteiger partial charge in [-0.05, 0) is 46.3 Å². The molecule has 0 amide bonds. The molecule has 0 saturated carbocycles. The quantitative estimate of drug-likeness (QED) is 0.289. The average Bonchev–Trinajstić information content (AvgIpc) is 2.81. The highest BCUT2D eigenvalue weighted by Crippen LogP contribution is 2.51. The summed E-state index contributed by atoms with van der Waals surface area (Å²) in [6.45, 7) is 1.23. The van der Waals surface area contributed by atoms with Gasteiger partial charge in [0.1, 0.15) is 5.82 Å². The number of aromatic nitrogens is 1. The summed E-state index contributed by atoms with van der Waals surface area (Å²) in [5.41, 5.74) is -3.43. The number of carboxylic acid groups (broad SMARTS) is 1. The lowest BCUT2D eigenvalue weighted by atomic mass is 9.76. The van der Waals surface area contributed by atoms with Gasteiger partial charge in [-0.15, -0.1) is 0 Å². The molecule has 3 aromatic carbocycles. The molecule has 2 atom stereocenters. The Kier molecular flexibility index (Phi) is 6.29. The number of carbonyl (C=O) groups is 1. The van der Waals surface area contributed by atoms with Crippen LogP contribution in [0.3, 0.4) is 0 Å². The first kappa shape index (κ1) is 24.6. The van der Waals surface area contributed by atoms with Crippen LogP contribution in [-0.4, -0.2) is 27.3 Å². The number of aromatic carboxylic acids is 1. The minimum atomic E-state index is -5.05. The maximum Gasteiger partial charge on any atom is 0.422 e. The minimum Gasteiger partial charge on any atom is -0.478 e. The Labute approximate surface area is 202 Å². The van der Waals surface area contributed by atoms with Crippen molar-refractivity contribution < 1.29 is 32.6 Å². The van der Waals surface area contributed by atoms with E-state index in [4.69, 9.17) is 16.7 Å². The van der Waals surface area contributed by atoms with Crippen molar-refractivity contribution in [3.05, 3.63) is 101 Å². The first-order chi connectivity index (χ1) is 16.4. The Morgan fingerprint density at radius 3 is 2.34 bits per heavy atom. The smallest absolute Gasteiger partial charge is 0.422 e. The lowest BCUT2D eigenvalue weighted by molar-refractivity contribution is -0.274. The van der Waals surface area contributed by atoms with E-state index in [1.54, 1.807) is 6.07 Å². The van der Waals surface area contributed by atoms with E-state index in [9.17, 15) is 27.5 Å². The van der Waals surface area contributed by atoms with Crippen molar-refractivity contribution in [2.24, 2.45) is 0 Å². The maximum absolute atomic E-state index is 14.5. The molecule has 0 bridgehead atoms. The van der Waals surface area contributed by atoms with E-state index >= 15 is 0 Å². The molecule has 0 fully saturated rings. The molecule has 0 aliphatic rings. The molecule has 9 heteroatoms. The van der Waals surface area contributed by atoms with E-state index in [2.05, 4.69) is 4.98 Å². The number of halogens is 5. The van der Waals surface area contributed by atoms with Gasteiger partial charge in [0.2, 0.25) is 0 Å². The lowest BCUT2D eigenvalue weighted by Gasteiger charge is -2.37. The molecule has 2 N–H and O–H groups in total. The zero-order chi connectivity index (χ0) is 25.5. The molecule has 4 aromatic rings. The third kappa shape index (κ3) is 4.24. The summed E-state index contributed by atoms with van der Waals surface area (Å²) in [4.78, 5) is 15.0. The number of aliphatic hydroxyl groups is 1. The van der Waals surface area contributed by atoms with Crippen LogP contribution in [0.15, 0.2) is 73.1 Å². The second-order valence-corrected chi connectivity index (χ2v) is 8.53. The molecule has 0 aliphatic carbocycles. The van der Waals surface area contributed by atoms with Crippen LogP contribution < -0.4 is 0 Å². The van der Waals surface area contributed by atoms with Crippen LogP contribution in [0.1, 0.15) is 34.3 Å². The lowest BCUT2D eigenvalue weighted by Crippen LogP contribution is -2.46. The van der Waals surface area contributed by atoms with Crippen molar-refractivity contribution in [1.82, 2.24) is 4.98 Å². The third-order valence-electron chi connectivity index (χ3n) is 6.15. The van der Waals surface area contributed by atoms with Crippen LogP contribution in [0.5, 0.6) is 0 Å². The highest BCUT2D eigenvalue weighted by Gasteiger charge is 2.59. The van der Waals surface area contributed by atoms with Gasteiger partial charge in [-0.3, -0.25) is 4.98 Å². The monoisotopic (exact) mass is 503 g/mol. The Morgan fingerprint density at radius 2 is 1.71 bits per heavy atom. The largest absolute Gasteiger partial charge is 0.478 e. The molecule has 0 aliphatic heterocycles. The van der Waals surface area contributed by atoms with Crippen molar-refractivity contribution in [3.63, 3.8) is 0 Å². The predicted octanol–water partition coefficient (Wildman–Crippen LogP) is 6.95. The fourth-order valence-corrected chi connectivity index (χ4v) is 4.58. The summed E-state index contributed by atoms with van der Waals surface area (Å²) >= 11 is 6.38. The Hall–Kier alpha value is -3.49. The second-order valence-electron chi connectivity index (χ2n) is 8.12. The van der Waals surface area contributed by atoms with Crippen molar-refractivity contribution in [2.75, 3.05) is 0 Å². The molecular weight excluding hydrogens is 486 g/mol. The van der Waals surface area contributed by atoms with Crippen LogP contribution in [-0.2, 0) is 5.60 Å². The van der Waals surface area contributed by atoms with Gasteiger partial charge < -0.3 is 10.2 Å². The Bertz CT molecular complexity index is 1430. The molecule has 1 aromatic heterocycles. The van der Waals surface area contributed by atoms with Crippen LogP contribution in [0, 0.1) is 5.82 Å². The molecule has 0 saturated heterocycles. The first-order valence-electron chi connectivity index (χ1n) is 10.4. The molecule has 1 heterocycles. The van der Waals surface area contributed by atoms with Crippen molar-refractivity contribution in [3.8, 4) is 11.1 Å². The van der Waals surface area contributed by atoms with Crippen molar-refractivity contribution in [2.45, 2.75) is 24.6 Å². The fraction of sp³-hybridized carbons (Fsp3) is 0.154. The molecule has 0 unspecified atom stereocenters. The molecule has 4 rings (SSSR count). The number of rotatable bonds is 5. The molecule has 35 heavy (non-hydrogen) atoms. The number of hydrogen-bond donors (Lipinski definition) is 2. The van der Waals surface area contributed by atoms with Crippen LogP contribution in [0.2, 0.25) is 5.02 Å². The second kappa shape index (κ2) is 8.94. The van der Waals surface area contributed by atoms with Gasteiger partial charge in [0.25, 0.3) is 0 Å². The van der Waals surface area contributed by atoms with Gasteiger partial charge in [-0.2, -0.15) is 13.2 Å². The minimum absolute atomic E-state index is 0.0314. The van der Waals surface area contributed by atoms with Crippen LogP contribution in [0.4, 0.5) is 17.6 Å². The van der Waals surface area contributed by atoms with Gasteiger partial charge in [0.05, 0.1) is 5.56 Å². The predicted molar refractivity (Wildman–Crippen MR) is 124 cm³/mol. The van der Waals surface area contributed by atoms with Gasteiger partial charge in [-0.1, -0.05) is 54.9 Å². The highest BCUT2D eigenvalue weighted by molar-refractivity contribution is 6.31. The zero-order valence-electron chi connectivity index (χ0n) is 18.1. The number of carboxylic acids is 1. The van der Waals surface area contributed by atoms with Crippen molar-refractivity contribution >= 4 is 28.3 Å². The van der Waals surface area contributed by atoms with E-state index in [1.165, 1.54) is 61.8 Å². The number of alkyl halides is 3. The molecule has 4 nitrogen and oxygen atoms in total. The van der Waals surface area contributed by atoms with Crippen LogP contribution >= 0.6 is 11.6 Å². The molecule has 0 spiro atoms. The number of nitrogens with zero attached hydrogens (tertiary/aromatic N) is 1. The Balaban J connectivity index is 1.81. The summed E-state index contributed by atoms with van der Waals surface area (Å²) in [5.74, 6) is -3.90. The maximum atomic E-state index is 14.5. The summed E-state index contributed by atoms with van der Waals surface area (Å²) in [7, 11) is 0. The number of fused-ring (bicyclic) bond motifs is 1. The van der Waals surface area contributed by atoms with Gasteiger partial charge in [0.15, 0.2) is 5.60 Å². The van der Waals surface area contributed by atoms with E-state index < -0.39 is 35.0 Å². The normalized spacial score (nSPS) is 14.5. The zero-order valence-corrected chi connectivity index (χ0v) is 18.9. The first-order valence-corrected chi connectivity index (χ1v) is 10.8. The van der Waals surface area contributed by atoms with Gasteiger partial charge in [-0.25, -0.2) is 9.18 Å². The average molecular weight is 504 g/mol. The summed E-state index contributed by atoms with van der Waals surface area (Å²) in [6.07, 6.45) is -2.29. The number of benzene rings is 3. The summed E-state index contributed by atoms with van der Waals surface area (Å²) in [5, 5.41) is 20.8. The van der Waals surface area contributed by atoms with Crippen molar-refractivity contribution in [1.29, 1.82) is 0 Å². The SMILES string of the molecule is C[C@@H](c1ccc(-c2ccc(C(=O)O)c(F)c2)cc1Cl)[C@](O)(c1cccc2cnccc12)C(F)(F)F. The molecule has 0 radical (unpaired) electrons. The van der Waals surface area contributed by atoms with Gasteiger partial charge in [0, 0.05) is 34.3 Å². The fourth-order valence-electron chi connectivity index (χ4n) is 4.24. The number of pyridine rings is 1. The standard InChI is InChI=1S/C26H18ClF4NO3/c1-14(25(35,26(29,30)31)21-4-2-3-17-13-32-10-9-19(17)21)18-7-5-15(11-22(18)27)16-6-8-20(24(33)34)23(28)12-16/h2-14,35H,1H3,(H,33,34)/t14-,25-/m0/s1. The van der Waals surface area contributed by atoms with E-state index in [1.807, 2.05) is 0 Å². The van der Waals surface area contributed by atoms with E-state index in [0.717, 1.165) is 12.1 Å². The number of hydrogen-bond acceptors (Lipinski definition) is 3. The van der Waals surface area contributed by atoms with Crippen LogP contribution in [0.25, 0.3) is 21.9 Å². The highest BCUT2D eigenvalue weighted by atomic mass is 35.5. The van der Waals surface area contributed by atoms with E-state index in [0.29, 0.717) is 16.5 Å². The Morgan fingerprint density at radius 1 is 1.03 bits per heavy atom. The molecule has 180 valence electrons. The van der Waals surface area contributed by atoms with E-state index in [-0.39, 0.29) is 21.5 Å². The third-order valence-corrected chi connectivity index (χ3v) is 6.48. The summed E-state index contributed by atoms with van der Waals surface area (Å²) < 4.78 is 57.6. The van der Waals surface area contributed by atoms with Gasteiger partial charge >= 0.3 is 12.1 Å².